The summed E-state index contributed by atoms with van der Waals surface area (Å²) < 4.78 is 10.9. The average molecular weight is 509 g/mol. The molecule has 0 saturated heterocycles. The van der Waals surface area contributed by atoms with Gasteiger partial charge in [-0.15, -0.1) is 0 Å². The minimum atomic E-state index is -0.449. The molecular weight excluding hydrogens is 476 g/mol. The van der Waals surface area contributed by atoms with Crippen molar-refractivity contribution < 1.29 is 19.1 Å². The van der Waals surface area contributed by atoms with Crippen LogP contribution in [-0.4, -0.2) is 25.9 Å². The van der Waals surface area contributed by atoms with Gasteiger partial charge in [-0.2, -0.15) is 0 Å². The molecule has 1 aliphatic carbocycles. The number of anilines is 1. The second kappa shape index (κ2) is 10.6. The zero-order chi connectivity index (χ0) is 26.8. The highest BCUT2D eigenvalue weighted by molar-refractivity contribution is 6.10. The van der Waals surface area contributed by atoms with Crippen molar-refractivity contribution in [2.45, 2.75) is 38.5 Å². The van der Waals surface area contributed by atoms with E-state index in [9.17, 15) is 9.59 Å². The van der Waals surface area contributed by atoms with E-state index < -0.39 is 5.92 Å². The fourth-order valence-electron chi connectivity index (χ4n) is 5.56. The van der Waals surface area contributed by atoms with Gasteiger partial charge in [0.25, 0.3) is 5.91 Å². The van der Waals surface area contributed by atoms with Gasteiger partial charge in [-0.1, -0.05) is 54.6 Å². The van der Waals surface area contributed by atoms with Crippen molar-refractivity contribution in [1.82, 2.24) is 5.32 Å². The minimum absolute atomic E-state index is 0.0138. The summed E-state index contributed by atoms with van der Waals surface area (Å²) in [6.45, 7) is 3.88. The molecule has 2 atom stereocenters. The first kappa shape index (κ1) is 25.3. The van der Waals surface area contributed by atoms with Crippen molar-refractivity contribution in [3.8, 4) is 11.5 Å². The van der Waals surface area contributed by atoms with Gasteiger partial charge in [-0.3, -0.25) is 9.59 Å². The van der Waals surface area contributed by atoms with E-state index in [0.717, 1.165) is 33.8 Å². The summed E-state index contributed by atoms with van der Waals surface area (Å²) in [5.41, 5.74) is 6.55. The predicted octanol–water partition coefficient (Wildman–Crippen LogP) is 6.01. The molecule has 0 saturated carbocycles. The van der Waals surface area contributed by atoms with Crippen molar-refractivity contribution in [2.75, 3.05) is 19.5 Å². The molecule has 6 nitrogen and oxygen atoms in total. The Bertz CT molecular complexity index is 1460. The first-order chi connectivity index (χ1) is 18.4. The lowest BCUT2D eigenvalue weighted by atomic mass is 9.71. The minimum Gasteiger partial charge on any atom is -0.493 e. The Labute approximate surface area is 223 Å². The molecule has 5 rings (SSSR count). The Morgan fingerprint density at radius 3 is 2.29 bits per heavy atom. The van der Waals surface area contributed by atoms with E-state index in [1.807, 2.05) is 86.6 Å². The molecule has 1 heterocycles. The molecule has 2 N–H and O–H groups in total. The maximum atomic E-state index is 13.9. The topological polar surface area (TPSA) is 76.7 Å². The molecule has 194 valence electrons. The average Bonchev–Trinajstić information content (AvgIpc) is 2.93. The van der Waals surface area contributed by atoms with Gasteiger partial charge in [0.05, 0.1) is 14.2 Å². The van der Waals surface area contributed by atoms with Gasteiger partial charge in [0, 0.05) is 40.6 Å². The Balaban J connectivity index is 1.53. The number of amides is 1. The number of dihydropyridines is 1. The van der Waals surface area contributed by atoms with Gasteiger partial charge in [0.15, 0.2) is 17.3 Å². The number of para-hydroxylation sites is 1. The maximum Gasteiger partial charge on any atom is 0.254 e. The number of hydrogen-bond donors (Lipinski definition) is 2. The molecule has 1 aliphatic heterocycles. The quantitative estimate of drug-likeness (QED) is 0.426. The number of rotatable bonds is 6. The highest BCUT2D eigenvalue weighted by Gasteiger charge is 2.41. The summed E-state index contributed by atoms with van der Waals surface area (Å²) in [5.74, 6) is 0.666. The standard InChI is InChI=1S/C32H32N2O4/c1-19-10-8-9-13-24(19)34-32(36)29-20(2)33-25-16-23(22-14-15-27(37-3)28(18-22)38-4)17-26(35)31(25)30(29)21-11-6-5-7-12-21/h5-15,18,23,30,33H,16-17H2,1-4H3,(H,34,36)/t23-,30-/m1/s1. The van der Waals surface area contributed by atoms with Crippen LogP contribution < -0.4 is 20.1 Å². The third kappa shape index (κ3) is 4.70. The highest BCUT2D eigenvalue weighted by Crippen LogP contribution is 2.46. The van der Waals surface area contributed by atoms with Crippen LogP contribution in [0.2, 0.25) is 0 Å². The summed E-state index contributed by atoms with van der Waals surface area (Å²) >= 11 is 0. The highest BCUT2D eigenvalue weighted by atomic mass is 16.5. The van der Waals surface area contributed by atoms with Gasteiger partial charge in [-0.05, 0) is 61.1 Å². The number of aryl methyl sites for hydroxylation is 1. The van der Waals surface area contributed by atoms with Crippen molar-refractivity contribution in [3.63, 3.8) is 0 Å². The number of benzene rings is 3. The number of hydrogen-bond acceptors (Lipinski definition) is 5. The molecule has 38 heavy (non-hydrogen) atoms. The Morgan fingerprint density at radius 2 is 1.58 bits per heavy atom. The number of nitrogens with one attached hydrogen (secondary N) is 2. The molecule has 6 heteroatoms. The molecule has 0 spiro atoms. The molecule has 0 aromatic heterocycles. The summed E-state index contributed by atoms with van der Waals surface area (Å²) in [7, 11) is 3.22. The fraction of sp³-hybridized carbons (Fsp3) is 0.250. The van der Waals surface area contributed by atoms with E-state index in [2.05, 4.69) is 10.6 Å². The van der Waals surface area contributed by atoms with Crippen molar-refractivity contribution in [1.29, 1.82) is 0 Å². The Kier molecular flexibility index (Phi) is 7.05. The number of ketones is 1. The molecule has 0 bridgehead atoms. The van der Waals surface area contributed by atoms with Crippen LogP contribution in [0.25, 0.3) is 0 Å². The van der Waals surface area contributed by atoms with Crippen LogP contribution in [0.3, 0.4) is 0 Å². The van der Waals surface area contributed by atoms with E-state index in [1.54, 1.807) is 14.2 Å². The maximum absolute atomic E-state index is 13.9. The zero-order valence-electron chi connectivity index (χ0n) is 22.1. The summed E-state index contributed by atoms with van der Waals surface area (Å²) in [6, 6.07) is 23.3. The van der Waals surface area contributed by atoms with Crippen LogP contribution >= 0.6 is 0 Å². The summed E-state index contributed by atoms with van der Waals surface area (Å²) in [4.78, 5) is 27.6. The first-order valence-corrected chi connectivity index (χ1v) is 12.8. The van der Waals surface area contributed by atoms with E-state index in [-0.39, 0.29) is 17.6 Å². The van der Waals surface area contributed by atoms with E-state index in [1.165, 1.54) is 0 Å². The van der Waals surface area contributed by atoms with Crippen molar-refractivity contribution >= 4 is 17.4 Å². The second-order valence-corrected chi connectivity index (χ2v) is 9.81. The van der Waals surface area contributed by atoms with E-state index in [0.29, 0.717) is 35.5 Å². The van der Waals surface area contributed by atoms with Crippen LogP contribution in [-0.2, 0) is 9.59 Å². The van der Waals surface area contributed by atoms with Crippen molar-refractivity contribution in [3.05, 3.63) is 112 Å². The number of allylic oxidation sites excluding steroid dienone is 3. The van der Waals surface area contributed by atoms with Crippen LogP contribution in [0.5, 0.6) is 11.5 Å². The predicted molar refractivity (Wildman–Crippen MR) is 148 cm³/mol. The van der Waals surface area contributed by atoms with E-state index in [4.69, 9.17) is 9.47 Å². The molecule has 0 radical (unpaired) electrons. The molecule has 0 fully saturated rings. The van der Waals surface area contributed by atoms with Gasteiger partial charge in [-0.25, -0.2) is 0 Å². The van der Waals surface area contributed by atoms with Gasteiger partial charge < -0.3 is 20.1 Å². The number of ether oxygens (including phenoxy) is 2. The fourth-order valence-corrected chi connectivity index (χ4v) is 5.56. The van der Waals surface area contributed by atoms with Crippen LogP contribution in [0.1, 0.15) is 48.3 Å². The number of carbonyl (C=O) groups is 2. The second-order valence-electron chi connectivity index (χ2n) is 9.81. The van der Waals surface area contributed by atoms with Gasteiger partial charge >= 0.3 is 0 Å². The Morgan fingerprint density at radius 1 is 0.868 bits per heavy atom. The summed E-state index contributed by atoms with van der Waals surface area (Å²) in [6.07, 6.45) is 1.01. The molecule has 2 aliphatic rings. The summed E-state index contributed by atoms with van der Waals surface area (Å²) in [5, 5.41) is 6.53. The lowest BCUT2D eigenvalue weighted by Crippen LogP contribution is -2.37. The molecular formula is C32H32N2O4. The molecule has 0 unspecified atom stereocenters. The molecule has 1 amide bonds. The normalized spacial score (nSPS) is 19.0. The van der Waals surface area contributed by atoms with Gasteiger partial charge in [0.2, 0.25) is 0 Å². The zero-order valence-corrected chi connectivity index (χ0v) is 22.1. The smallest absolute Gasteiger partial charge is 0.254 e. The SMILES string of the molecule is COc1ccc([C@H]2CC(=O)C3=C(C2)NC(C)=C(C(=O)Nc2ccccc2C)[C@H]3c2ccccc2)cc1OC. The van der Waals surface area contributed by atoms with Crippen LogP contribution in [0.4, 0.5) is 5.69 Å². The molecule has 3 aromatic rings. The number of carbonyl (C=O) groups excluding carboxylic acids is 2. The van der Waals surface area contributed by atoms with Crippen molar-refractivity contribution in [2.24, 2.45) is 0 Å². The van der Waals surface area contributed by atoms with Crippen LogP contribution in [0, 0.1) is 6.92 Å². The Hall–Kier alpha value is -4.32. The first-order valence-electron chi connectivity index (χ1n) is 12.8. The lowest BCUT2D eigenvalue weighted by Gasteiger charge is -2.37. The lowest BCUT2D eigenvalue weighted by molar-refractivity contribution is -0.116. The van der Waals surface area contributed by atoms with Gasteiger partial charge in [0.1, 0.15) is 0 Å². The monoisotopic (exact) mass is 508 g/mol. The molecule has 3 aromatic carbocycles. The number of methoxy groups -OCH3 is 2. The third-order valence-electron chi connectivity index (χ3n) is 7.48. The van der Waals surface area contributed by atoms with Crippen LogP contribution in [0.15, 0.2) is 95.3 Å². The van der Waals surface area contributed by atoms with E-state index >= 15 is 0 Å². The third-order valence-corrected chi connectivity index (χ3v) is 7.48. The largest absolute Gasteiger partial charge is 0.493 e. The number of Topliss-reactive ketones (excluding diaryl/α,β-unsaturated/α-hetero) is 1.